The molecule has 0 saturated carbocycles. The van der Waals surface area contributed by atoms with Crippen LogP contribution in [0.5, 0.6) is 5.75 Å². The summed E-state index contributed by atoms with van der Waals surface area (Å²) in [6.45, 7) is 2.18. The number of benzene rings is 1. The van der Waals surface area contributed by atoms with Gasteiger partial charge in [0.2, 0.25) is 0 Å². The maximum atomic E-state index is 11.2. The highest BCUT2D eigenvalue weighted by Gasteiger charge is 2.10. The van der Waals surface area contributed by atoms with Crippen LogP contribution < -0.4 is 4.74 Å². The molecule has 0 unspecified atom stereocenters. The summed E-state index contributed by atoms with van der Waals surface area (Å²) in [5.74, 6) is 0.448. The minimum Gasteiger partial charge on any atom is -0.482 e. The molecule has 92 valence electrons. The van der Waals surface area contributed by atoms with Crippen LogP contribution in [-0.4, -0.2) is 19.2 Å². The molecule has 0 radical (unpaired) electrons. The van der Waals surface area contributed by atoms with Crippen LogP contribution in [0.3, 0.4) is 0 Å². The fraction of sp³-hybridized carbons (Fsp3) is 0.500. The summed E-state index contributed by atoms with van der Waals surface area (Å²) in [6.07, 6.45) is 4.80. The molecule has 0 fully saturated rings. The van der Waals surface area contributed by atoms with Crippen molar-refractivity contribution in [1.82, 2.24) is 0 Å². The van der Waals surface area contributed by atoms with Crippen LogP contribution in [0.1, 0.15) is 30.9 Å². The third kappa shape index (κ3) is 3.22. The van der Waals surface area contributed by atoms with Crippen LogP contribution in [0.15, 0.2) is 18.2 Å². The molecule has 17 heavy (non-hydrogen) atoms. The molecule has 1 aliphatic rings. The largest absolute Gasteiger partial charge is 0.482 e. The number of hydrogen-bond acceptors (Lipinski definition) is 3. The Morgan fingerprint density at radius 2 is 2.00 bits per heavy atom. The van der Waals surface area contributed by atoms with E-state index < -0.39 is 0 Å². The number of aryl methyl sites for hydroxylation is 2. The summed E-state index contributed by atoms with van der Waals surface area (Å²) in [5.41, 5.74) is 2.78. The zero-order valence-corrected chi connectivity index (χ0v) is 10.2. The average Bonchev–Trinajstić information content (AvgIpc) is 2.36. The van der Waals surface area contributed by atoms with Gasteiger partial charge in [0, 0.05) is 0 Å². The first-order valence-electron chi connectivity index (χ1n) is 6.20. The van der Waals surface area contributed by atoms with E-state index in [4.69, 9.17) is 9.47 Å². The molecule has 0 spiro atoms. The monoisotopic (exact) mass is 234 g/mol. The predicted octanol–water partition coefficient (Wildman–Crippen LogP) is 2.51. The lowest BCUT2D eigenvalue weighted by atomic mass is 9.92. The number of rotatable bonds is 4. The zero-order chi connectivity index (χ0) is 12.1. The second-order valence-electron chi connectivity index (χ2n) is 4.23. The molecule has 0 N–H and O–H groups in total. The first-order chi connectivity index (χ1) is 8.29. The van der Waals surface area contributed by atoms with Crippen molar-refractivity contribution in [2.45, 2.75) is 32.6 Å². The van der Waals surface area contributed by atoms with Crippen LogP contribution >= 0.6 is 0 Å². The van der Waals surface area contributed by atoms with Gasteiger partial charge in [0.05, 0.1) is 6.61 Å². The molecule has 2 rings (SSSR count). The van der Waals surface area contributed by atoms with Gasteiger partial charge in [-0.1, -0.05) is 6.07 Å². The van der Waals surface area contributed by atoms with Crippen LogP contribution in [0.2, 0.25) is 0 Å². The molecule has 0 bridgehead atoms. The Hall–Kier alpha value is -1.51. The van der Waals surface area contributed by atoms with Gasteiger partial charge in [0.1, 0.15) is 5.75 Å². The third-order valence-electron chi connectivity index (χ3n) is 2.98. The number of ether oxygens (including phenoxy) is 2. The second-order valence-corrected chi connectivity index (χ2v) is 4.23. The maximum absolute atomic E-state index is 11.2. The molecule has 0 saturated heterocycles. The number of hydrogen-bond donors (Lipinski definition) is 0. The number of esters is 1. The van der Waals surface area contributed by atoms with E-state index in [1.807, 2.05) is 12.1 Å². The molecule has 0 aliphatic heterocycles. The maximum Gasteiger partial charge on any atom is 0.344 e. The molecule has 0 amide bonds. The topological polar surface area (TPSA) is 35.5 Å². The Labute approximate surface area is 102 Å². The van der Waals surface area contributed by atoms with Gasteiger partial charge in [-0.05, 0) is 55.9 Å². The SMILES string of the molecule is CCOC(=O)COc1ccc2c(c1)CCCC2. The second kappa shape index (κ2) is 5.71. The van der Waals surface area contributed by atoms with Gasteiger partial charge in [0.25, 0.3) is 0 Å². The summed E-state index contributed by atoms with van der Waals surface area (Å²) in [7, 11) is 0. The number of carbonyl (C=O) groups excluding carboxylic acids is 1. The number of carbonyl (C=O) groups is 1. The lowest BCUT2D eigenvalue weighted by Gasteiger charge is -2.16. The minimum atomic E-state index is -0.315. The summed E-state index contributed by atoms with van der Waals surface area (Å²) >= 11 is 0. The third-order valence-corrected chi connectivity index (χ3v) is 2.98. The van der Waals surface area contributed by atoms with E-state index >= 15 is 0 Å². The van der Waals surface area contributed by atoms with Crippen molar-refractivity contribution in [3.63, 3.8) is 0 Å². The van der Waals surface area contributed by atoms with E-state index in [9.17, 15) is 4.79 Å². The van der Waals surface area contributed by atoms with Crippen LogP contribution in [0, 0.1) is 0 Å². The van der Waals surface area contributed by atoms with Crippen molar-refractivity contribution >= 4 is 5.97 Å². The van der Waals surface area contributed by atoms with Gasteiger partial charge in [-0.15, -0.1) is 0 Å². The molecular formula is C14H18O3. The highest BCUT2D eigenvalue weighted by molar-refractivity contribution is 5.71. The van der Waals surface area contributed by atoms with E-state index in [-0.39, 0.29) is 12.6 Å². The Balaban J connectivity index is 1.95. The van der Waals surface area contributed by atoms with Crippen molar-refractivity contribution < 1.29 is 14.3 Å². The Morgan fingerprint density at radius 1 is 1.24 bits per heavy atom. The van der Waals surface area contributed by atoms with Gasteiger partial charge in [-0.25, -0.2) is 4.79 Å². The number of fused-ring (bicyclic) bond motifs is 1. The molecule has 1 aliphatic carbocycles. The summed E-state index contributed by atoms with van der Waals surface area (Å²) in [6, 6.07) is 6.09. The highest BCUT2D eigenvalue weighted by atomic mass is 16.6. The lowest BCUT2D eigenvalue weighted by Crippen LogP contribution is -2.14. The Bertz CT molecular complexity index is 398. The molecule has 3 nitrogen and oxygen atoms in total. The van der Waals surface area contributed by atoms with Gasteiger partial charge >= 0.3 is 5.97 Å². The Morgan fingerprint density at radius 3 is 2.76 bits per heavy atom. The Kier molecular flexibility index (Phi) is 4.02. The predicted molar refractivity (Wildman–Crippen MR) is 65.2 cm³/mol. The fourth-order valence-corrected chi connectivity index (χ4v) is 2.14. The summed E-state index contributed by atoms with van der Waals surface area (Å²) < 4.78 is 10.2. The molecule has 0 atom stereocenters. The van der Waals surface area contributed by atoms with Gasteiger partial charge < -0.3 is 9.47 Å². The van der Waals surface area contributed by atoms with Gasteiger partial charge in [-0.3, -0.25) is 0 Å². The van der Waals surface area contributed by atoms with Crippen molar-refractivity contribution in [3.8, 4) is 5.75 Å². The average molecular weight is 234 g/mol. The van der Waals surface area contributed by atoms with Gasteiger partial charge in [-0.2, -0.15) is 0 Å². The first kappa shape index (κ1) is 12.0. The lowest BCUT2D eigenvalue weighted by molar-refractivity contribution is -0.145. The quantitative estimate of drug-likeness (QED) is 0.751. The molecule has 1 aromatic rings. The normalized spacial score (nSPS) is 13.9. The molecular weight excluding hydrogens is 216 g/mol. The van der Waals surface area contributed by atoms with E-state index in [2.05, 4.69) is 6.07 Å². The van der Waals surface area contributed by atoms with E-state index in [1.165, 1.54) is 24.0 Å². The standard InChI is InChI=1S/C14H18O3/c1-2-16-14(15)10-17-13-8-7-11-5-3-4-6-12(11)9-13/h7-9H,2-6,10H2,1H3. The van der Waals surface area contributed by atoms with Crippen LogP contribution in [0.25, 0.3) is 0 Å². The van der Waals surface area contributed by atoms with E-state index in [1.54, 1.807) is 6.92 Å². The van der Waals surface area contributed by atoms with Crippen LogP contribution in [0.4, 0.5) is 0 Å². The highest BCUT2D eigenvalue weighted by Crippen LogP contribution is 2.25. The zero-order valence-electron chi connectivity index (χ0n) is 10.2. The van der Waals surface area contributed by atoms with Crippen molar-refractivity contribution in [2.75, 3.05) is 13.2 Å². The van der Waals surface area contributed by atoms with Crippen molar-refractivity contribution in [3.05, 3.63) is 29.3 Å². The van der Waals surface area contributed by atoms with Crippen LogP contribution in [-0.2, 0) is 22.4 Å². The van der Waals surface area contributed by atoms with Gasteiger partial charge in [0.15, 0.2) is 6.61 Å². The molecule has 0 heterocycles. The molecule has 0 aromatic heterocycles. The minimum absolute atomic E-state index is 0.00731. The first-order valence-corrected chi connectivity index (χ1v) is 6.20. The smallest absolute Gasteiger partial charge is 0.344 e. The van der Waals surface area contributed by atoms with Crippen molar-refractivity contribution in [1.29, 1.82) is 0 Å². The summed E-state index contributed by atoms with van der Waals surface area (Å²) in [5, 5.41) is 0. The molecule has 1 aromatic carbocycles. The van der Waals surface area contributed by atoms with E-state index in [0.29, 0.717) is 6.61 Å². The van der Waals surface area contributed by atoms with E-state index in [0.717, 1.165) is 18.6 Å². The van der Waals surface area contributed by atoms with Crippen molar-refractivity contribution in [2.24, 2.45) is 0 Å². The summed E-state index contributed by atoms with van der Waals surface area (Å²) in [4.78, 5) is 11.2. The molecule has 3 heteroatoms. The fourth-order valence-electron chi connectivity index (χ4n) is 2.14.